The van der Waals surface area contributed by atoms with Gasteiger partial charge in [-0.05, 0) is 24.6 Å². The lowest BCUT2D eigenvalue weighted by atomic mass is 10.2. The highest BCUT2D eigenvalue weighted by Gasteiger charge is 2.07. The van der Waals surface area contributed by atoms with Gasteiger partial charge in [-0.2, -0.15) is 0 Å². The fourth-order valence-corrected chi connectivity index (χ4v) is 1.50. The Morgan fingerprint density at radius 2 is 2.36 bits per heavy atom. The Balaban J connectivity index is 2.50. The van der Waals surface area contributed by atoms with Crippen molar-refractivity contribution in [3.05, 3.63) is 34.3 Å². The molecule has 0 aliphatic carbocycles. The largest absolute Gasteiger partial charge is 0.351 e. The molecule has 0 saturated carbocycles. The summed E-state index contributed by atoms with van der Waals surface area (Å²) in [5.74, 6) is -0.147. The summed E-state index contributed by atoms with van der Waals surface area (Å²) in [6.07, 6.45) is 0. The van der Waals surface area contributed by atoms with Crippen LogP contribution in [0, 0.1) is 0 Å². The molecule has 1 aromatic rings. The molecule has 0 spiro atoms. The fourth-order valence-electron chi connectivity index (χ4n) is 0.977. The summed E-state index contributed by atoms with van der Waals surface area (Å²) in [7, 11) is 0. The van der Waals surface area contributed by atoms with Crippen molar-refractivity contribution in [1.82, 2.24) is 5.32 Å². The van der Waals surface area contributed by atoms with E-state index in [-0.39, 0.29) is 5.91 Å². The molecule has 0 saturated heterocycles. The SMILES string of the molecule is CC(Cl)C(=O)NCc1cccc(Br)c1. The van der Waals surface area contributed by atoms with Crippen molar-refractivity contribution in [3.8, 4) is 0 Å². The van der Waals surface area contributed by atoms with E-state index in [4.69, 9.17) is 11.6 Å². The molecule has 0 fully saturated rings. The molecular formula is C10H11BrClNO. The molecule has 1 rings (SSSR count). The summed E-state index contributed by atoms with van der Waals surface area (Å²) in [5, 5.41) is 2.25. The van der Waals surface area contributed by atoms with Crippen molar-refractivity contribution in [2.75, 3.05) is 0 Å². The number of hydrogen-bond donors (Lipinski definition) is 1. The van der Waals surface area contributed by atoms with Crippen LogP contribution >= 0.6 is 27.5 Å². The number of alkyl halides is 1. The zero-order chi connectivity index (χ0) is 10.6. The highest BCUT2D eigenvalue weighted by molar-refractivity contribution is 9.10. The normalized spacial score (nSPS) is 12.2. The van der Waals surface area contributed by atoms with Crippen LogP contribution in [0.4, 0.5) is 0 Å². The summed E-state index contributed by atoms with van der Waals surface area (Å²) in [6.45, 7) is 2.16. The Kier molecular flexibility index (Phi) is 4.42. The van der Waals surface area contributed by atoms with Gasteiger partial charge in [0.2, 0.25) is 5.91 Å². The molecule has 0 aromatic heterocycles. The number of benzene rings is 1. The van der Waals surface area contributed by atoms with Gasteiger partial charge in [-0.15, -0.1) is 11.6 Å². The van der Waals surface area contributed by atoms with Crippen molar-refractivity contribution < 1.29 is 4.79 Å². The van der Waals surface area contributed by atoms with Crippen molar-refractivity contribution in [3.63, 3.8) is 0 Å². The summed E-state index contributed by atoms with van der Waals surface area (Å²) >= 11 is 8.96. The van der Waals surface area contributed by atoms with Crippen molar-refractivity contribution in [2.24, 2.45) is 0 Å². The second-order valence-corrected chi connectivity index (χ2v) is 4.53. The van der Waals surface area contributed by atoms with Gasteiger partial charge in [0.15, 0.2) is 0 Å². The predicted octanol–water partition coefficient (Wildman–Crippen LogP) is 2.69. The van der Waals surface area contributed by atoms with Gasteiger partial charge in [0.05, 0.1) is 0 Å². The number of carbonyl (C=O) groups excluding carboxylic acids is 1. The first-order valence-corrected chi connectivity index (χ1v) is 5.49. The minimum Gasteiger partial charge on any atom is -0.351 e. The average Bonchev–Trinajstić information content (AvgIpc) is 2.14. The molecule has 76 valence electrons. The number of nitrogens with one attached hydrogen (secondary N) is 1. The van der Waals surface area contributed by atoms with Crippen LogP contribution in [-0.4, -0.2) is 11.3 Å². The summed E-state index contributed by atoms with van der Waals surface area (Å²) in [4.78, 5) is 11.1. The fraction of sp³-hybridized carbons (Fsp3) is 0.300. The van der Waals surface area contributed by atoms with E-state index in [9.17, 15) is 4.79 Å². The molecule has 1 aromatic carbocycles. The van der Waals surface area contributed by atoms with Gasteiger partial charge in [-0.3, -0.25) is 4.79 Å². The topological polar surface area (TPSA) is 29.1 Å². The Bertz CT molecular complexity index is 328. The number of amides is 1. The highest BCUT2D eigenvalue weighted by Crippen LogP contribution is 2.11. The summed E-state index contributed by atoms with van der Waals surface area (Å²) in [6, 6.07) is 7.77. The van der Waals surface area contributed by atoms with Gasteiger partial charge in [-0.25, -0.2) is 0 Å². The summed E-state index contributed by atoms with van der Waals surface area (Å²) < 4.78 is 1.00. The zero-order valence-electron chi connectivity index (χ0n) is 7.76. The number of rotatable bonds is 3. The Morgan fingerprint density at radius 1 is 1.64 bits per heavy atom. The molecule has 0 bridgehead atoms. The van der Waals surface area contributed by atoms with Gasteiger partial charge in [-0.1, -0.05) is 28.1 Å². The maximum absolute atomic E-state index is 11.1. The van der Waals surface area contributed by atoms with Crippen molar-refractivity contribution in [2.45, 2.75) is 18.8 Å². The van der Waals surface area contributed by atoms with E-state index in [0.29, 0.717) is 6.54 Å². The maximum Gasteiger partial charge on any atom is 0.238 e. The molecule has 1 N–H and O–H groups in total. The lowest BCUT2D eigenvalue weighted by Crippen LogP contribution is -2.28. The lowest BCUT2D eigenvalue weighted by Gasteiger charge is -2.06. The van der Waals surface area contributed by atoms with E-state index < -0.39 is 5.38 Å². The summed E-state index contributed by atoms with van der Waals surface area (Å²) in [5.41, 5.74) is 1.05. The van der Waals surface area contributed by atoms with Crippen LogP contribution in [0.15, 0.2) is 28.7 Å². The van der Waals surface area contributed by atoms with E-state index in [0.717, 1.165) is 10.0 Å². The van der Waals surface area contributed by atoms with Crippen LogP contribution in [0.3, 0.4) is 0 Å². The minimum absolute atomic E-state index is 0.147. The lowest BCUT2D eigenvalue weighted by molar-refractivity contribution is -0.120. The second kappa shape index (κ2) is 5.37. The molecule has 2 nitrogen and oxygen atoms in total. The van der Waals surface area contributed by atoms with E-state index in [2.05, 4.69) is 21.2 Å². The average molecular weight is 277 g/mol. The molecule has 14 heavy (non-hydrogen) atoms. The highest BCUT2D eigenvalue weighted by atomic mass is 79.9. The van der Waals surface area contributed by atoms with Crippen molar-refractivity contribution in [1.29, 1.82) is 0 Å². The molecule has 0 aliphatic rings. The third-order valence-electron chi connectivity index (χ3n) is 1.72. The quantitative estimate of drug-likeness (QED) is 0.845. The van der Waals surface area contributed by atoms with Gasteiger partial charge in [0, 0.05) is 11.0 Å². The second-order valence-electron chi connectivity index (χ2n) is 2.96. The first-order valence-electron chi connectivity index (χ1n) is 4.26. The number of halogens is 2. The third-order valence-corrected chi connectivity index (χ3v) is 2.41. The maximum atomic E-state index is 11.1. The van der Waals surface area contributed by atoms with E-state index in [1.165, 1.54) is 0 Å². The van der Waals surface area contributed by atoms with Crippen LogP contribution in [0.25, 0.3) is 0 Å². The molecule has 0 aliphatic heterocycles. The van der Waals surface area contributed by atoms with Gasteiger partial charge in [0.1, 0.15) is 5.38 Å². The van der Waals surface area contributed by atoms with E-state index >= 15 is 0 Å². The first kappa shape index (κ1) is 11.5. The Labute approximate surface area is 96.8 Å². The predicted molar refractivity (Wildman–Crippen MR) is 61.3 cm³/mol. The molecule has 1 unspecified atom stereocenters. The Morgan fingerprint density at radius 3 is 2.93 bits per heavy atom. The van der Waals surface area contributed by atoms with Gasteiger partial charge < -0.3 is 5.32 Å². The van der Waals surface area contributed by atoms with E-state index in [1.54, 1.807) is 6.92 Å². The molecule has 4 heteroatoms. The standard InChI is InChI=1S/C10H11BrClNO/c1-7(12)10(14)13-6-8-3-2-4-9(11)5-8/h2-5,7H,6H2,1H3,(H,13,14). The third kappa shape index (κ3) is 3.68. The van der Waals surface area contributed by atoms with Crippen LogP contribution in [0.2, 0.25) is 0 Å². The van der Waals surface area contributed by atoms with E-state index in [1.807, 2.05) is 24.3 Å². The van der Waals surface area contributed by atoms with Crippen LogP contribution in [0.5, 0.6) is 0 Å². The minimum atomic E-state index is -0.484. The molecule has 1 atom stereocenters. The van der Waals surface area contributed by atoms with Gasteiger partial charge in [0.25, 0.3) is 0 Å². The van der Waals surface area contributed by atoms with Gasteiger partial charge >= 0.3 is 0 Å². The Hall–Kier alpha value is -0.540. The number of carbonyl (C=O) groups is 1. The molecule has 0 radical (unpaired) electrons. The molecular weight excluding hydrogens is 265 g/mol. The van der Waals surface area contributed by atoms with Crippen LogP contribution in [0.1, 0.15) is 12.5 Å². The van der Waals surface area contributed by atoms with Crippen LogP contribution < -0.4 is 5.32 Å². The van der Waals surface area contributed by atoms with Crippen LogP contribution in [-0.2, 0) is 11.3 Å². The van der Waals surface area contributed by atoms with Crippen molar-refractivity contribution >= 4 is 33.4 Å². The monoisotopic (exact) mass is 275 g/mol. The zero-order valence-corrected chi connectivity index (χ0v) is 10.1. The molecule has 1 amide bonds. The first-order chi connectivity index (χ1) is 6.59. The molecule has 0 heterocycles. The smallest absolute Gasteiger partial charge is 0.238 e. The number of hydrogen-bond acceptors (Lipinski definition) is 1.